The summed E-state index contributed by atoms with van der Waals surface area (Å²) in [6, 6.07) is 11.7. The summed E-state index contributed by atoms with van der Waals surface area (Å²) in [5.41, 5.74) is 7.39. The third-order valence-corrected chi connectivity index (χ3v) is 10.2. The van der Waals surface area contributed by atoms with Crippen LogP contribution in [0.3, 0.4) is 0 Å². The van der Waals surface area contributed by atoms with Gasteiger partial charge in [0.1, 0.15) is 22.2 Å². The van der Waals surface area contributed by atoms with Gasteiger partial charge in [-0.1, -0.05) is 25.2 Å². The van der Waals surface area contributed by atoms with E-state index >= 15 is 0 Å². The van der Waals surface area contributed by atoms with Gasteiger partial charge in [0.25, 0.3) is 0 Å². The number of allylic oxidation sites excluding steroid dienone is 5. The Balaban J connectivity index is 2.10. The van der Waals surface area contributed by atoms with E-state index < -0.39 is 14.0 Å². The SMILES string of the molecule is CN(C)c1ccc2c(c1)[Si](C)(C)C1=CC(=[N+](C)C)C=CC1=C2c1ccc(C(=O)O)cc1CO. The molecule has 0 saturated heterocycles. The van der Waals surface area contributed by atoms with E-state index in [1.165, 1.54) is 21.5 Å². The molecule has 0 unspecified atom stereocenters. The van der Waals surface area contributed by atoms with Gasteiger partial charge in [0, 0.05) is 31.9 Å². The van der Waals surface area contributed by atoms with Crippen molar-refractivity contribution < 1.29 is 19.6 Å². The number of aliphatic hydroxyl groups excluding tert-OH is 1. The molecule has 1 aliphatic carbocycles. The third-order valence-electron chi connectivity index (χ3n) is 6.72. The Morgan fingerprint density at radius 1 is 1.03 bits per heavy atom. The van der Waals surface area contributed by atoms with Crippen LogP contribution in [0.2, 0.25) is 13.1 Å². The molecule has 170 valence electrons. The van der Waals surface area contributed by atoms with Gasteiger partial charge in [0.2, 0.25) is 0 Å². The highest BCUT2D eigenvalue weighted by molar-refractivity contribution is 6.98. The Bertz CT molecular complexity index is 1290. The molecule has 1 aliphatic heterocycles. The molecule has 5 nitrogen and oxygen atoms in total. The lowest BCUT2D eigenvalue weighted by atomic mass is 9.86. The molecule has 33 heavy (non-hydrogen) atoms. The third kappa shape index (κ3) is 3.79. The Kier molecular flexibility index (Phi) is 5.76. The van der Waals surface area contributed by atoms with Crippen molar-refractivity contribution in [2.45, 2.75) is 19.7 Å². The predicted octanol–water partition coefficient (Wildman–Crippen LogP) is 3.42. The van der Waals surface area contributed by atoms with Crippen LogP contribution < -0.4 is 10.1 Å². The molecule has 0 atom stereocenters. The molecule has 0 saturated carbocycles. The maximum atomic E-state index is 11.5. The lowest BCUT2D eigenvalue weighted by molar-refractivity contribution is -0.462. The quantitative estimate of drug-likeness (QED) is 0.543. The molecule has 6 heteroatoms. The van der Waals surface area contributed by atoms with Crippen LogP contribution in [0.25, 0.3) is 5.57 Å². The summed E-state index contributed by atoms with van der Waals surface area (Å²) in [5.74, 6) is -0.995. The number of fused-ring (bicyclic) bond motifs is 2. The molecule has 2 aromatic carbocycles. The highest BCUT2D eigenvalue weighted by Crippen LogP contribution is 2.42. The number of nitrogens with zero attached hydrogens (tertiary/aromatic N) is 2. The average Bonchev–Trinajstić information content (AvgIpc) is 2.78. The number of aromatic carboxylic acids is 1. The van der Waals surface area contributed by atoms with E-state index in [0.29, 0.717) is 5.56 Å². The zero-order chi connectivity index (χ0) is 24.1. The van der Waals surface area contributed by atoms with Gasteiger partial charge in [0.05, 0.1) is 12.2 Å². The summed E-state index contributed by atoms with van der Waals surface area (Å²) in [4.78, 5) is 13.7. The maximum absolute atomic E-state index is 11.5. The number of hydrogen-bond donors (Lipinski definition) is 2. The molecule has 2 N–H and O–H groups in total. The second-order valence-electron chi connectivity index (χ2n) is 9.58. The summed E-state index contributed by atoms with van der Waals surface area (Å²) in [6.45, 7) is 4.55. The number of rotatable bonds is 4. The summed E-state index contributed by atoms with van der Waals surface area (Å²) in [5, 5.41) is 22.3. The minimum Gasteiger partial charge on any atom is -0.478 e. The first-order valence-corrected chi connectivity index (χ1v) is 14.0. The van der Waals surface area contributed by atoms with Gasteiger partial charge in [-0.05, 0) is 68.6 Å². The van der Waals surface area contributed by atoms with Crippen LogP contribution in [-0.2, 0) is 6.61 Å². The van der Waals surface area contributed by atoms with Crippen molar-refractivity contribution in [1.29, 1.82) is 0 Å². The molecule has 0 spiro atoms. The van der Waals surface area contributed by atoms with Crippen molar-refractivity contribution in [3.8, 4) is 0 Å². The van der Waals surface area contributed by atoms with Gasteiger partial charge < -0.3 is 15.1 Å². The highest BCUT2D eigenvalue weighted by atomic mass is 28.3. The van der Waals surface area contributed by atoms with Gasteiger partial charge in [-0.25, -0.2) is 9.37 Å². The fourth-order valence-electron chi connectivity index (χ4n) is 4.77. The molecule has 2 aromatic rings. The van der Waals surface area contributed by atoms with Crippen molar-refractivity contribution in [3.63, 3.8) is 0 Å². The monoisotopic (exact) mass is 459 g/mol. The van der Waals surface area contributed by atoms with Crippen molar-refractivity contribution in [2.24, 2.45) is 0 Å². The second kappa shape index (κ2) is 8.28. The average molecular weight is 460 g/mol. The van der Waals surface area contributed by atoms with Gasteiger partial charge in [0.15, 0.2) is 5.71 Å². The van der Waals surface area contributed by atoms with Gasteiger partial charge in [-0.3, -0.25) is 0 Å². The minimum absolute atomic E-state index is 0.181. The maximum Gasteiger partial charge on any atom is 0.335 e. The number of carboxylic acid groups (broad SMARTS) is 1. The molecule has 2 aliphatic rings. The second-order valence-corrected chi connectivity index (χ2v) is 13.9. The van der Waals surface area contributed by atoms with Gasteiger partial charge in [-0.15, -0.1) is 0 Å². The summed E-state index contributed by atoms with van der Waals surface area (Å²) in [6.07, 6.45) is 6.62. The molecular formula is C27H31N2O3Si+. The summed E-state index contributed by atoms with van der Waals surface area (Å²) < 4.78 is 2.12. The molecule has 0 aromatic heterocycles. The van der Waals surface area contributed by atoms with Crippen molar-refractivity contribution in [2.75, 3.05) is 33.1 Å². The first-order valence-electron chi connectivity index (χ1n) is 11.0. The summed E-state index contributed by atoms with van der Waals surface area (Å²) >= 11 is 0. The zero-order valence-electron chi connectivity index (χ0n) is 20.1. The number of anilines is 1. The van der Waals surface area contributed by atoms with E-state index in [9.17, 15) is 15.0 Å². The Morgan fingerprint density at radius 2 is 1.73 bits per heavy atom. The molecule has 0 bridgehead atoms. The van der Waals surface area contributed by atoms with Crippen LogP contribution in [0, 0.1) is 0 Å². The van der Waals surface area contributed by atoms with Gasteiger partial charge >= 0.3 is 5.97 Å². The first kappa shape index (κ1) is 23.0. The fraction of sp³-hybridized carbons (Fsp3) is 0.259. The largest absolute Gasteiger partial charge is 0.478 e. The number of hydrogen-bond acceptors (Lipinski definition) is 3. The minimum atomic E-state index is -2.05. The van der Waals surface area contributed by atoms with E-state index in [1.54, 1.807) is 12.1 Å². The zero-order valence-corrected chi connectivity index (χ0v) is 21.1. The Hall–Kier alpha value is -3.22. The van der Waals surface area contributed by atoms with Crippen molar-refractivity contribution >= 4 is 36.2 Å². The molecule has 0 amide bonds. The van der Waals surface area contributed by atoms with Crippen LogP contribution in [0.15, 0.2) is 65.4 Å². The lowest BCUT2D eigenvalue weighted by Gasteiger charge is -2.38. The molecule has 4 rings (SSSR count). The van der Waals surface area contributed by atoms with Crippen molar-refractivity contribution in [3.05, 3.63) is 87.6 Å². The predicted molar refractivity (Wildman–Crippen MR) is 138 cm³/mol. The van der Waals surface area contributed by atoms with Crippen LogP contribution in [0.5, 0.6) is 0 Å². The van der Waals surface area contributed by atoms with E-state index in [-0.39, 0.29) is 12.2 Å². The first-order chi connectivity index (χ1) is 15.6. The topological polar surface area (TPSA) is 63.8 Å². The number of carboxylic acids is 1. The summed E-state index contributed by atoms with van der Waals surface area (Å²) in [7, 11) is 6.16. The Labute approximate surface area is 196 Å². The van der Waals surface area contributed by atoms with Crippen molar-refractivity contribution in [1.82, 2.24) is 0 Å². The van der Waals surface area contributed by atoms with E-state index in [1.807, 2.05) is 6.07 Å². The van der Waals surface area contributed by atoms with Crippen LogP contribution in [0.4, 0.5) is 5.69 Å². The number of carbonyl (C=O) groups is 1. The van der Waals surface area contributed by atoms with Crippen LogP contribution in [0.1, 0.15) is 27.0 Å². The van der Waals surface area contributed by atoms with E-state index in [4.69, 9.17) is 0 Å². The highest BCUT2D eigenvalue weighted by Gasteiger charge is 2.40. The normalized spacial score (nSPS) is 16.2. The fourth-order valence-corrected chi connectivity index (χ4v) is 7.84. The molecule has 0 radical (unpaired) electrons. The Morgan fingerprint density at radius 3 is 2.33 bits per heavy atom. The van der Waals surface area contributed by atoms with E-state index in [0.717, 1.165) is 22.5 Å². The number of benzene rings is 2. The molecular weight excluding hydrogens is 428 g/mol. The number of aliphatic hydroxyl groups is 1. The standard InChI is InChI=1S/C27H30N2O3Si/c1-28(2)19-8-11-22-24(14-19)33(5,6)25-15-20(29(3)4)9-12-23(25)26(22)21-10-7-17(27(31)32)13-18(21)16-30/h7-15,30H,16H2,1-6H3/p+1. The van der Waals surface area contributed by atoms with Gasteiger partial charge in [-0.2, -0.15) is 0 Å². The van der Waals surface area contributed by atoms with Crippen LogP contribution >= 0.6 is 0 Å². The molecule has 0 fully saturated rings. The lowest BCUT2D eigenvalue weighted by Crippen LogP contribution is -2.49. The van der Waals surface area contributed by atoms with Crippen LogP contribution in [-0.4, -0.2) is 62.7 Å². The molecule has 1 heterocycles. The van der Waals surface area contributed by atoms with E-state index in [2.05, 4.69) is 87.2 Å². The smallest absolute Gasteiger partial charge is 0.335 e.